The Morgan fingerprint density at radius 3 is 1.88 bits per heavy atom. The van der Waals surface area contributed by atoms with Gasteiger partial charge in [0.15, 0.2) is 5.96 Å². The van der Waals surface area contributed by atoms with Crippen molar-refractivity contribution in [2.75, 3.05) is 19.7 Å². The molecule has 0 radical (unpaired) electrons. The Kier molecular flexibility index (Phi) is 16.9. The average molecular weight is 608 g/mol. The third kappa shape index (κ3) is 14.4. The molecule has 0 unspecified atom stereocenters. The minimum absolute atomic E-state index is 0.0198. The minimum Gasteiger partial charge on any atom is -0.480 e. The van der Waals surface area contributed by atoms with Crippen molar-refractivity contribution in [2.24, 2.45) is 27.9 Å². The fraction of sp³-hybridized carbons (Fsp3) is 0.556. The van der Waals surface area contributed by atoms with E-state index in [4.69, 9.17) is 22.9 Å². The number of hydrogen-bond acceptors (Lipinski definition) is 9. The Morgan fingerprint density at radius 2 is 1.33 bits per heavy atom. The maximum Gasteiger partial charge on any atom is 0.326 e. The number of carboxylic acids is 1. The van der Waals surface area contributed by atoms with Gasteiger partial charge in [0.25, 0.3) is 0 Å². The van der Waals surface area contributed by atoms with Crippen LogP contribution in [0.5, 0.6) is 0 Å². The van der Waals surface area contributed by atoms with Crippen molar-refractivity contribution in [3.63, 3.8) is 0 Å². The van der Waals surface area contributed by atoms with E-state index in [2.05, 4.69) is 26.3 Å². The monoisotopic (exact) mass is 607 g/mol. The molecule has 0 fully saturated rings. The van der Waals surface area contributed by atoms with Crippen LogP contribution < -0.4 is 44.2 Å². The van der Waals surface area contributed by atoms with E-state index in [0.717, 1.165) is 0 Å². The predicted molar refractivity (Wildman–Crippen MR) is 159 cm³/mol. The van der Waals surface area contributed by atoms with Crippen LogP contribution >= 0.6 is 0 Å². The van der Waals surface area contributed by atoms with E-state index < -0.39 is 66.4 Å². The van der Waals surface area contributed by atoms with E-state index in [0.29, 0.717) is 24.9 Å². The number of aliphatic hydroxyl groups is 1. The van der Waals surface area contributed by atoms with E-state index in [1.54, 1.807) is 30.3 Å². The van der Waals surface area contributed by atoms with E-state index >= 15 is 0 Å². The zero-order valence-electron chi connectivity index (χ0n) is 24.3. The number of carboxylic acid groups (broad SMARTS) is 1. The number of carbonyl (C=O) groups excluding carboxylic acids is 4. The van der Waals surface area contributed by atoms with Crippen molar-refractivity contribution in [1.82, 2.24) is 21.3 Å². The number of nitrogens with two attached hydrogens (primary N) is 4. The van der Waals surface area contributed by atoms with Crippen molar-refractivity contribution in [3.05, 3.63) is 35.9 Å². The topological polar surface area (TPSA) is 290 Å². The van der Waals surface area contributed by atoms with Crippen molar-refractivity contribution < 1.29 is 34.2 Å². The summed E-state index contributed by atoms with van der Waals surface area (Å²) in [4.78, 5) is 67.3. The van der Waals surface area contributed by atoms with Gasteiger partial charge in [-0.3, -0.25) is 24.2 Å². The lowest BCUT2D eigenvalue weighted by Gasteiger charge is -2.26. The molecule has 5 atom stereocenters. The van der Waals surface area contributed by atoms with E-state index in [9.17, 15) is 34.2 Å². The molecule has 0 spiro atoms. The number of nitrogens with zero attached hydrogens (tertiary/aromatic N) is 1. The van der Waals surface area contributed by atoms with Crippen LogP contribution in [-0.2, 0) is 30.4 Å². The van der Waals surface area contributed by atoms with Crippen molar-refractivity contribution in [2.45, 2.75) is 75.7 Å². The van der Waals surface area contributed by atoms with Crippen LogP contribution in [0.25, 0.3) is 0 Å². The number of hydrogen-bond donors (Lipinski definition) is 10. The maximum atomic E-state index is 13.5. The number of rotatable bonds is 20. The summed E-state index contributed by atoms with van der Waals surface area (Å²) in [6.45, 7) is 1.16. The lowest BCUT2D eigenvalue weighted by molar-refractivity contribution is -0.142. The molecule has 0 saturated carbocycles. The highest BCUT2D eigenvalue weighted by molar-refractivity contribution is 5.95. The molecule has 0 bridgehead atoms. The molecule has 0 aromatic heterocycles. The number of guanidine groups is 1. The molecular weight excluding hydrogens is 562 g/mol. The molecule has 240 valence electrons. The van der Waals surface area contributed by atoms with Crippen LogP contribution in [-0.4, -0.2) is 95.7 Å². The molecular formula is C27H45N9O7. The molecule has 1 rings (SSSR count). The number of aliphatic imine (C=N–C) groups is 1. The maximum absolute atomic E-state index is 13.5. The summed E-state index contributed by atoms with van der Waals surface area (Å²) < 4.78 is 0. The summed E-state index contributed by atoms with van der Waals surface area (Å²) in [6, 6.07) is 2.78. The first-order valence-corrected chi connectivity index (χ1v) is 14.0. The number of carbonyl (C=O) groups is 5. The summed E-state index contributed by atoms with van der Waals surface area (Å²) in [5.74, 6) is -4.41. The number of unbranched alkanes of at least 4 members (excludes halogenated alkanes) is 1. The van der Waals surface area contributed by atoms with Crippen LogP contribution in [0.1, 0.15) is 44.6 Å². The zero-order valence-corrected chi connectivity index (χ0v) is 24.3. The average Bonchev–Trinajstić information content (AvgIpc) is 2.96. The molecule has 0 heterocycles. The number of aliphatic hydroxyl groups excluding tert-OH is 1. The Morgan fingerprint density at radius 1 is 0.791 bits per heavy atom. The first kappa shape index (κ1) is 36.7. The van der Waals surface area contributed by atoms with E-state index in [1.807, 2.05) is 0 Å². The van der Waals surface area contributed by atoms with Crippen LogP contribution in [0.2, 0.25) is 0 Å². The molecule has 4 amide bonds. The second-order valence-electron chi connectivity index (χ2n) is 9.98. The van der Waals surface area contributed by atoms with Gasteiger partial charge in [-0.25, -0.2) is 4.79 Å². The highest BCUT2D eigenvalue weighted by Crippen LogP contribution is 2.08. The number of amides is 4. The summed E-state index contributed by atoms with van der Waals surface area (Å²) in [5, 5.41) is 29.2. The molecule has 0 aliphatic heterocycles. The summed E-state index contributed by atoms with van der Waals surface area (Å²) in [5.41, 5.74) is 22.4. The molecule has 16 nitrogen and oxygen atoms in total. The van der Waals surface area contributed by atoms with Gasteiger partial charge in [0, 0.05) is 13.0 Å². The van der Waals surface area contributed by atoms with Crippen LogP contribution in [0, 0.1) is 0 Å². The van der Waals surface area contributed by atoms with Gasteiger partial charge in [0.2, 0.25) is 23.6 Å². The van der Waals surface area contributed by atoms with Gasteiger partial charge in [-0.15, -0.1) is 0 Å². The van der Waals surface area contributed by atoms with Gasteiger partial charge in [0.05, 0.1) is 12.6 Å². The van der Waals surface area contributed by atoms with E-state index in [1.165, 1.54) is 6.92 Å². The molecule has 16 heteroatoms. The number of benzene rings is 1. The second-order valence-corrected chi connectivity index (χ2v) is 9.98. The minimum atomic E-state index is -1.37. The first-order valence-electron chi connectivity index (χ1n) is 14.0. The number of aliphatic carboxylic acids is 1. The number of nitrogens with one attached hydrogen (secondary N) is 4. The Balaban J connectivity index is 3.15. The zero-order chi connectivity index (χ0) is 32.4. The van der Waals surface area contributed by atoms with Crippen LogP contribution in [0.4, 0.5) is 0 Å². The van der Waals surface area contributed by atoms with Crippen molar-refractivity contribution >= 4 is 35.6 Å². The highest BCUT2D eigenvalue weighted by atomic mass is 16.4. The largest absolute Gasteiger partial charge is 0.480 e. The SMILES string of the molecule is C[C@H](N)C(=O)N[C@@H](CO)C(=O)N[C@@H](CCCCN)C(=O)N[C@@H](Cc1ccccc1)C(=O)N[C@@H](CCCN=C(N)N)C(=O)O. The van der Waals surface area contributed by atoms with Gasteiger partial charge >= 0.3 is 5.97 Å². The van der Waals surface area contributed by atoms with Gasteiger partial charge in [-0.05, 0) is 51.1 Å². The fourth-order valence-corrected chi connectivity index (χ4v) is 3.90. The fourth-order valence-electron chi connectivity index (χ4n) is 3.90. The Labute approximate surface area is 250 Å². The summed E-state index contributed by atoms with van der Waals surface area (Å²) in [7, 11) is 0. The predicted octanol–water partition coefficient (Wildman–Crippen LogP) is -3.22. The third-order valence-corrected chi connectivity index (χ3v) is 6.28. The Bertz CT molecular complexity index is 1080. The quantitative estimate of drug-likeness (QED) is 0.0399. The van der Waals surface area contributed by atoms with Crippen LogP contribution in [0.15, 0.2) is 35.3 Å². The van der Waals surface area contributed by atoms with Gasteiger partial charge in [-0.1, -0.05) is 30.3 Å². The molecule has 0 aliphatic rings. The molecule has 1 aromatic carbocycles. The van der Waals surface area contributed by atoms with Gasteiger partial charge in [-0.2, -0.15) is 0 Å². The molecule has 0 aliphatic carbocycles. The van der Waals surface area contributed by atoms with Gasteiger partial charge < -0.3 is 54.4 Å². The summed E-state index contributed by atoms with van der Waals surface area (Å²) >= 11 is 0. The van der Waals surface area contributed by atoms with Crippen molar-refractivity contribution in [3.8, 4) is 0 Å². The van der Waals surface area contributed by atoms with Crippen LogP contribution in [0.3, 0.4) is 0 Å². The van der Waals surface area contributed by atoms with Gasteiger partial charge in [0.1, 0.15) is 24.2 Å². The molecule has 1 aromatic rings. The smallest absolute Gasteiger partial charge is 0.326 e. The molecule has 43 heavy (non-hydrogen) atoms. The van der Waals surface area contributed by atoms with Crippen molar-refractivity contribution in [1.29, 1.82) is 0 Å². The Hall–Kier alpha value is -4.28. The second kappa shape index (κ2) is 19.8. The first-order chi connectivity index (χ1) is 20.4. The lowest BCUT2D eigenvalue weighted by Crippen LogP contribution is -2.59. The molecule has 14 N–H and O–H groups in total. The molecule has 0 saturated heterocycles. The normalized spacial score (nSPS) is 14.2. The highest BCUT2D eigenvalue weighted by Gasteiger charge is 2.31. The van der Waals surface area contributed by atoms with E-state index in [-0.39, 0.29) is 38.2 Å². The lowest BCUT2D eigenvalue weighted by atomic mass is 10.0. The standard InChI is InChI=1S/C27H45N9O7/c1-16(29)22(38)36-21(15-37)25(41)33-18(10-5-6-12-28)23(39)35-20(14-17-8-3-2-4-9-17)24(40)34-19(26(42)43)11-7-13-32-27(30)31/h2-4,8-9,16,18-21,37H,5-7,10-15,28-29H2,1H3,(H,33,41)(H,34,40)(H,35,39)(H,36,38)(H,42,43)(H4,30,31,32)/t16-,18-,19-,20-,21-/m0/s1. The summed E-state index contributed by atoms with van der Waals surface area (Å²) in [6.07, 6.45) is 1.43. The third-order valence-electron chi connectivity index (χ3n) is 6.28.